The number of likely N-dealkylation sites (tertiary alicyclic amines) is 1. The molecule has 32 heavy (non-hydrogen) atoms. The normalized spacial score (nSPS) is 21.3. The van der Waals surface area contributed by atoms with Gasteiger partial charge in [0.2, 0.25) is 11.8 Å². The quantitative estimate of drug-likeness (QED) is 0.490. The van der Waals surface area contributed by atoms with Crippen LogP contribution in [0.4, 0.5) is 11.4 Å². The SMILES string of the molecule is CCN(c1ccc(NC(=O)COC(=O)C(C)N2C(=O)C3CCCCC3C2=O)cc1)C(C)C. The summed E-state index contributed by atoms with van der Waals surface area (Å²) < 4.78 is 5.11. The molecule has 0 radical (unpaired) electrons. The van der Waals surface area contributed by atoms with Gasteiger partial charge in [0.05, 0.1) is 11.8 Å². The van der Waals surface area contributed by atoms with E-state index in [1.165, 1.54) is 6.92 Å². The van der Waals surface area contributed by atoms with Gasteiger partial charge in [-0.1, -0.05) is 12.8 Å². The number of carbonyl (C=O) groups is 4. The van der Waals surface area contributed by atoms with Crippen molar-refractivity contribution in [1.82, 2.24) is 4.90 Å². The summed E-state index contributed by atoms with van der Waals surface area (Å²) in [6, 6.07) is 6.77. The van der Waals surface area contributed by atoms with E-state index in [0.717, 1.165) is 30.0 Å². The number of amides is 3. The highest BCUT2D eigenvalue weighted by atomic mass is 16.5. The highest BCUT2D eigenvalue weighted by Crippen LogP contribution is 2.38. The van der Waals surface area contributed by atoms with Gasteiger partial charge in [0, 0.05) is 24.0 Å². The summed E-state index contributed by atoms with van der Waals surface area (Å²) in [6.45, 7) is 8.18. The van der Waals surface area contributed by atoms with Crippen LogP contribution in [0, 0.1) is 11.8 Å². The molecule has 0 spiro atoms. The Morgan fingerprint density at radius 1 is 1.06 bits per heavy atom. The van der Waals surface area contributed by atoms with Crippen molar-refractivity contribution in [2.24, 2.45) is 11.8 Å². The zero-order valence-corrected chi connectivity index (χ0v) is 19.3. The number of fused-ring (bicyclic) bond motifs is 1. The van der Waals surface area contributed by atoms with E-state index in [4.69, 9.17) is 4.74 Å². The zero-order chi connectivity index (χ0) is 23.4. The molecule has 2 aliphatic rings. The highest BCUT2D eigenvalue weighted by molar-refractivity contribution is 6.08. The van der Waals surface area contributed by atoms with Gasteiger partial charge in [-0.05, 0) is 64.8 Å². The molecule has 0 aromatic heterocycles. The fraction of sp³-hybridized carbons (Fsp3) is 0.583. The number of hydrogen-bond donors (Lipinski definition) is 1. The van der Waals surface area contributed by atoms with Crippen molar-refractivity contribution in [2.75, 3.05) is 23.4 Å². The van der Waals surface area contributed by atoms with Gasteiger partial charge in [-0.3, -0.25) is 19.3 Å². The Morgan fingerprint density at radius 3 is 2.12 bits per heavy atom. The third kappa shape index (κ3) is 4.95. The van der Waals surface area contributed by atoms with Crippen LogP contribution in [0.5, 0.6) is 0 Å². The van der Waals surface area contributed by atoms with Crippen LogP contribution in [-0.4, -0.2) is 53.8 Å². The van der Waals surface area contributed by atoms with Crippen LogP contribution in [-0.2, 0) is 23.9 Å². The van der Waals surface area contributed by atoms with Crippen molar-refractivity contribution < 1.29 is 23.9 Å². The number of nitrogens with one attached hydrogen (secondary N) is 1. The molecule has 8 nitrogen and oxygen atoms in total. The van der Waals surface area contributed by atoms with Crippen LogP contribution in [0.1, 0.15) is 53.4 Å². The van der Waals surface area contributed by atoms with Gasteiger partial charge in [0.1, 0.15) is 6.04 Å². The fourth-order valence-electron chi connectivity index (χ4n) is 4.71. The first-order valence-corrected chi connectivity index (χ1v) is 11.4. The number of esters is 1. The van der Waals surface area contributed by atoms with Gasteiger partial charge in [-0.15, -0.1) is 0 Å². The Balaban J connectivity index is 1.52. The third-order valence-electron chi connectivity index (χ3n) is 6.40. The predicted molar refractivity (Wildman–Crippen MR) is 121 cm³/mol. The van der Waals surface area contributed by atoms with Crippen LogP contribution in [0.25, 0.3) is 0 Å². The molecule has 2 fully saturated rings. The van der Waals surface area contributed by atoms with E-state index in [0.29, 0.717) is 24.6 Å². The van der Waals surface area contributed by atoms with E-state index in [9.17, 15) is 19.2 Å². The lowest BCUT2D eigenvalue weighted by molar-refractivity contribution is -0.159. The van der Waals surface area contributed by atoms with Crippen molar-refractivity contribution in [3.05, 3.63) is 24.3 Å². The maximum absolute atomic E-state index is 12.6. The third-order valence-corrected chi connectivity index (χ3v) is 6.40. The summed E-state index contributed by atoms with van der Waals surface area (Å²) in [4.78, 5) is 53.2. The number of carbonyl (C=O) groups excluding carboxylic acids is 4. The van der Waals surface area contributed by atoms with E-state index < -0.39 is 24.5 Å². The van der Waals surface area contributed by atoms with Crippen molar-refractivity contribution >= 4 is 35.1 Å². The zero-order valence-electron chi connectivity index (χ0n) is 19.3. The first kappa shape index (κ1) is 23.8. The molecular weight excluding hydrogens is 410 g/mol. The minimum absolute atomic E-state index is 0.295. The van der Waals surface area contributed by atoms with Gasteiger partial charge in [0.25, 0.3) is 5.91 Å². The lowest BCUT2D eigenvalue weighted by Gasteiger charge is -2.27. The molecular formula is C24H33N3O5. The second-order valence-electron chi connectivity index (χ2n) is 8.80. The van der Waals surface area contributed by atoms with Crippen LogP contribution < -0.4 is 10.2 Å². The molecule has 174 valence electrons. The molecule has 3 rings (SSSR count). The van der Waals surface area contributed by atoms with E-state index in [2.05, 4.69) is 31.0 Å². The van der Waals surface area contributed by atoms with Crippen LogP contribution >= 0.6 is 0 Å². The molecule has 1 aromatic rings. The molecule has 1 saturated carbocycles. The first-order valence-electron chi connectivity index (χ1n) is 11.4. The number of rotatable bonds is 8. The molecule has 3 unspecified atom stereocenters. The Morgan fingerprint density at radius 2 is 1.62 bits per heavy atom. The molecule has 3 amide bonds. The molecule has 1 N–H and O–H groups in total. The fourth-order valence-corrected chi connectivity index (χ4v) is 4.71. The molecule has 1 aliphatic carbocycles. The van der Waals surface area contributed by atoms with Gasteiger partial charge in [-0.2, -0.15) is 0 Å². The number of nitrogens with zero attached hydrogens (tertiary/aromatic N) is 2. The summed E-state index contributed by atoms with van der Waals surface area (Å²) >= 11 is 0. The lowest BCUT2D eigenvalue weighted by Crippen LogP contribution is -2.45. The number of imide groups is 1. The summed E-state index contributed by atoms with van der Waals surface area (Å²) in [7, 11) is 0. The molecule has 1 aromatic carbocycles. The predicted octanol–water partition coefficient (Wildman–Crippen LogP) is 2.97. The second-order valence-corrected chi connectivity index (χ2v) is 8.80. The number of anilines is 2. The summed E-state index contributed by atoms with van der Waals surface area (Å²) in [6.07, 6.45) is 3.20. The monoisotopic (exact) mass is 443 g/mol. The molecule has 1 heterocycles. The Hall–Kier alpha value is -2.90. The largest absolute Gasteiger partial charge is 0.454 e. The second kappa shape index (κ2) is 10.1. The average molecular weight is 444 g/mol. The van der Waals surface area contributed by atoms with Crippen LogP contribution in [0.15, 0.2) is 24.3 Å². The highest BCUT2D eigenvalue weighted by Gasteiger charge is 2.51. The van der Waals surface area contributed by atoms with Gasteiger partial charge in [0.15, 0.2) is 6.61 Å². The van der Waals surface area contributed by atoms with Crippen molar-refractivity contribution in [3.63, 3.8) is 0 Å². The Labute approximate surface area is 189 Å². The number of ether oxygens (including phenoxy) is 1. The van der Waals surface area contributed by atoms with Gasteiger partial charge in [-0.25, -0.2) is 4.79 Å². The molecule has 8 heteroatoms. The molecule has 0 bridgehead atoms. The lowest BCUT2D eigenvalue weighted by atomic mass is 9.81. The molecule has 1 saturated heterocycles. The van der Waals surface area contributed by atoms with E-state index in [-0.39, 0.29) is 23.7 Å². The molecule has 1 aliphatic heterocycles. The maximum Gasteiger partial charge on any atom is 0.329 e. The van der Waals surface area contributed by atoms with E-state index in [1.54, 1.807) is 12.1 Å². The smallest absolute Gasteiger partial charge is 0.329 e. The molecule has 3 atom stereocenters. The summed E-state index contributed by atoms with van der Waals surface area (Å²) in [5.41, 5.74) is 1.65. The van der Waals surface area contributed by atoms with Crippen molar-refractivity contribution in [3.8, 4) is 0 Å². The maximum atomic E-state index is 12.6. The average Bonchev–Trinajstić information content (AvgIpc) is 3.03. The summed E-state index contributed by atoms with van der Waals surface area (Å²) in [5.74, 6) is -2.48. The summed E-state index contributed by atoms with van der Waals surface area (Å²) in [5, 5.41) is 2.70. The first-order chi connectivity index (χ1) is 15.2. The number of hydrogen-bond acceptors (Lipinski definition) is 6. The Kier molecular flexibility index (Phi) is 7.53. The Bertz CT molecular complexity index is 843. The number of benzene rings is 1. The van der Waals surface area contributed by atoms with Gasteiger partial charge < -0.3 is 15.0 Å². The van der Waals surface area contributed by atoms with E-state index >= 15 is 0 Å². The van der Waals surface area contributed by atoms with Crippen molar-refractivity contribution in [2.45, 2.75) is 65.5 Å². The standard InChI is InChI=1S/C24H33N3O5/c1-5-26(15(2)3)18-12-10-17(11-13-18)25-21(28)14-32-24(31)16(4)27-22(29)19-8-6-7-9-20(19)23(27)30/h10-13,15-16,19-20H,5-9,14H2,1-4H3,(H,25,28). The van der Waals surface area contributed by atoms with Crippen LogP contribution in [0.3, 0.4) is 0 Å². The minimum atomic E-state index is -1.04. The van der Waals surface area contributed by atoms with E-state index in [1.807, 2.05) is 12.1 Å². The van der Waals surface area contributed by atoms with Crippen molar-refractivity contribution in [1.29, 1.82) is 0 Å². The minimum Gasteiger partial charge on any atom is -0.454 e. The topological polar surface area (TPSA) is 96.0 Å². The van der Waals surface area contributed by atoms with Gasteiger partial charge >= 0.3 is 5.97 Å². The van der Waals surface area contributed by atoms with Crippen LogP contribution in [0.2, 0.25) is 0 Å².